The highest BCUT2D eigenvalue weighted by Crippen LogP contribution is 2.29. The minimum absolute atomic E-state index is 0.267. The van der Waals surface area contributed by atoms with Crippen molar-refractivity contribution >= 4 is 11.7 Å². The number of piperidine rings is 1. The molecule has 98 valence electrons. The van der Waals surface area contributed by atoms with Gasteiger partial charge in [0.15, 0.2) is 0 Å². The Hall–Kier alpha value is -1.58. The Kier molecular flexibility index (Phi) is 3.55. The second-order valence-corrected chi connectivity index (χ2v) is 5.02. The molecule has 0 amide bonds. The molecule has 1 saturated heterocycles. The lowest BCUT2D eigenvalue weighted by molar-refractivity contribution is 0.0692. The summed E-state index contributed by atoms with van der Waals surface area (Å²) >= 11 is 0. The lowest BCUT2D eigenvalue weighted by atomic mass is 9.91. The van der Waals surface area contributed by atoms with Crippen LogP contribution in [0.3, 0.4) is 0 Å². The number of carboxylic acids is 1. The van der Waals surface area contributed by atoms with Crippen LogP contribution in [0.1, 0.15) is 37.0 Å². The molecule has 18 heavy (non-hydrogen) atoms. The Morgan fingerprint density at radius 2 is 2.17 bits per heavy atom. The van der Waals surface area contributed by atoms with E-state index in [1.807, 2.05) is 0 Å². The Labute approximate surface area is 106 Å². The van der Waals surface area contributed by atoms with Gasteiger partial charge in [0.25, 0.3) is 0 Å². The maximum absolute atomic E-state index is 13.7. The molecule has 0 bridgehead atoms. The predicted molar refractivity (Wildman–Crippen MR) is 68.6 cm³/mol. The highest BCUT2D eigenvalue weighted by atomic mass is 19.1. The van der Waals surface area contributed by atoms with E-state index in [1.54, 1.807) is 6.07 Å². The van der Waals surface area contributed by atoms with E-state index < -0.39 is 11.8 Å². The summed E-state index contributed by atoms with van der Waals surface area (Å²) in [6.07, 6.45) is 2.28. The van der Waals surface area contributed by atoms with E-state index in [9.17, 15) is 9.18 Å². The smallest absolute Gasteiger partial charge is 0.338 e. The first-order valence-corrected chi connectivity index (χ1v) is 6.30. The first-order valence-electron chi connectivity index (χ1n) is 6.30. The molecule has 1 aliphatic heterocycles. The summed E-state index contributed by atoms with van der Waals surface area (Å²) in [5, 5.41) is 8.81. The van der Waals surface area contributed by atoms with Gasteiger partial charge in [-0.25, -0.2) is 9.18 Å². The molecule has 3 nitrogen and oxygen atoms in total. The van der Waals surface area contributed by atoms with Gasteiger partial charge in [-0.1, -0.05) is 6.92 Å². The molecule has 0 aliphatic carbocycles. The number of rotatable bonds is 2. The number of carbonyl (C=O) groups is 1. The van der Waals surface area contributed by atoms with Gasteiger partial charge in [-0.15, -0.1) is 0 Å². The van der Waals surface area contributed by atoms with Gasteiger partial charge >= 0.3 is 5.97 Å². The largest absolute Gasteiger partial charge is 0.478 e. The molecule has 1 aromatic carbocycles. The SMILES string of the molecule is CC1CCCN(c2ccc(C(=O)O)c(F)c2)C1C. The van der Waals surface area contributed by atoms with E-state index in [0.717, 1.165) is 18.7 Å². The molecule has 1 N–H and O–H groups in total. The molecule has 0 saturated carbocycles. The fraction of sp³-hybridized carbons (Fsp3) is 0.500. The summed E-state index contributed by atoms with van der Waals surface area (Å²) in [6, 6.07) is 4.73. The third kappa shape index (κ3) is 2.33. The van der Waals surface area contributed by atoms with Gasteiger partial charge in [0.05, 0.1) is 5.56 Å². The molecule has 1 aliphatic rings. The summed E-state index contributed by atoms with van der Waals surface area (Å²) in [7, 11) is 0. The topological polar surface area (TPSA) is 40.5 Å². The van der Waals surface area contributed by atoms with Gasteiger partial charge in [0.1, 0.15) is 5.82 Å². The van der Waals surface area contributed by atoms with Crippen molar-refractivity contribution in [1.82, 2.24) is 0 Å². The lowest BCUT2D eigenvalue weighted by Gasteiger charge is -2.39. The number of carboxylic acid groups (broad SMARTS) is 1. The number of aromatic carboxylic acids is 1. The number of nitrogens with zero attached hydrogens (tertiary/aromatic N) is 1. The molecular weight excluding hydrogens is 233 g/mol. The van der Waals surface area contributed by atoms with Crippen LogP contribution in [0.15, 0.2) is 18.2 Å². The van der Waals surface area contributed by atoms with Crippen molar-refractivity contribution in [2.75, 3.05) is 11.4 Å². The van der Waals surface area contributed by atoms with E-state index in [4.69, 9.17) is 5.11 Å². The predicted octanol–water partition coefficient (Wildman–Crippen LogP) is 3.15. The van der Waals surface area contributed by atoms with E-state index in [2.05, 4.69) is 18.7 Å². The van der Waals surface area contributed by atoms with Crippen LogP contribution in [0.5, 0.6) is 0 Å². The van der Waals surface area contributed by atoms with E-state index in [1.165, 1.54) is 18.6 Å². The first kappa shape index (κ1) is 12.9. The molecule has 1 fully saturated rings. The molecule has 1 aromatic rings. The van der Waals surface area contributed by atoms with Crippen LogP contribution in [0.25, 0.3) is 0 Å². The number of anilines is 1. The molecule has 2 atom stereocenters. The average molecular weight is 251 g/mol. The summed E-state index contributed by atoms with van der Waals surface area (Å²) in [5.74, 6) is -1.31. The molecule has 0 aromatic heterocycles. The van der Waals surface area contributed by atoms with Crippen LogP contribution in [0.2, 0.25) is 0 Å². The quantitative estimate of drug-likeness (QED) is 0.877. The molecule has 2 unspecified atom stereocenters. The standard InChI is InChI=1S/C14H18FNO2/c1-9-4-3-7-16(10(9)2)11-5-6-12(14(17)18)13(15)8-11/h5-6,8-10H,3-4,7H2,1-2H3,(H,17,18). The molecule has 2 rings (SSSR count). The minimum Gasteiger partial charge on any atom is -0.478 e. The zero-order valence-electron chi connectivity index (χ0n) is 10.7. The Morgan fingerprint density at radius 1 is 1.44 bits per heavy atom. The molecule has 0 spiro atoms. The van der Waals surface area contributed by atoms with Crippen molar-refractivity contribution in [3.63, 3.8) is 0 Å². The van der Waals surface area contributed by atoms with E-state index in [-0.39, 0.29) is 5.56 Å². The third-order valence-electron chi connectivity index (χ3n) is 3.89. The lowest BCUT2D eigenvalue weighted by Crippen LogP contribution is -2.42. The minimum atomic E-state index is -1.22. The Bertz CT molecular complexity index is 461. The first-order chi connectivity index (χ1) is 8.50. The van der Waals surface area contributed by atoms with Gasteiger partial charge in [-0.2, -0.15) is 0 Å². The molecular formula is C14H18FNO2. The van der Waals surface area contributed by atoms with Crippen LogP contribution >= 0.6 is 0 Å². The van der Waals surface area contributed by atoms with E-state index in [0.29, 0.717) is 12.0 Å². The van der Waals surface area contributed by atoms with Gasteiger partial charge in [-0.3, -0.25) is 0 Å². The second kappa shape index (κ2) is 4.96. The third-order valence-corrected chi connectivity index (χ3v) is 3.89. The van der Waals surface area contributed by atoms with Crippen molar-refractivity contribution < 1.29 is 14.3 Å². The summed E-state index contributed by atoms with van der Waals surface area (Å²) < 4.78 is 13.7. The maximum Gasteiger partial charge on any atom is 0.338 e. The van der Waals surface area contributed by atoms with Gasteiger partial charge in [-0.05, 0) is 43.9 Å². The van der Waals surface area contributed by atoms with Crippen molar-refractivity contribution in [3.05, 3.63) is 29.6 Å². The summed E-state index contributed by atoms with van der Waals surface area (Å²) in [4.78, 5) is 12.9. The Balaban J connectivity index is 2.28. The normalized spacial score (nSPS) is 24.1. The zero-order chi connectivity index (χ0) is 13.3. The maximum atomic E-state index is 13.7. The highest BCUT2D eigenvalue weighted by molar-refractivity contribution is 5.88. The number of hydrogen-bond acceptors (Lipinski definition) is 2. The summed E-state index contributed by atoms with van der Waals surface area (Å²) in [5.41, 5.74) is 0.507. The van der Waals surface area contributed by atoms with Crippen molar-refractivity contribution in [2.24, 2.45) is 5.92 Å². The van der Waals surface area contributed by atoms with Gasteiger partial charge in [0.2, 0.25) is 0 Å². The van der Waals surface area contributed by atoms with Crippen LogP contribution in [-0.2, 0) is 0 Å². The summed E-state index contributed by atoms with van der Waals surface area (Å²) in [6.45, 7) is 5.23. The zero-order valence-corrected chi connectivity index (χ0v) is 10.7. The van der Waals surface area contributed by atoms with Crippen LogP contribution in [0.4, 0.5) is 10.1 Å². The van der Waals surface area contributed by atoms with Gasteiger partial charge in [0, 0.05) is 18.3 Å². The highest BCUT2D eigenvalue weighted by Gasteiger charge is 2.25. The van der Waals surface area contributed by atoms with Crippen molar-refractivity contribution in [3.8, 4) is 0 Å². The fourth-order valence-corrected chi connectivity index (χ4v) is 2.56. The molecule has 4 heteroatoms. The van der Waals surface area contributed by atoms with Gasteiger partial charge < -0.3 is 10.0 Å². The second-order valence-electron chi connectivity index (χ2n) is 5.02. The number of hydrogen-bond donors (Lipinski definition) is 1. The van der Waals surface area contributed by atoms with E-state index >= 15 is 0 Å². The molecule has 0 radical (unpaired) electrons. The number of benzene rings is 1. The number of halogens is 1. The van der Waals surface area contributed by atoms with Crippen LogP contribution in [-0.4, -0.2) is 23.7 Å². The Morgan fingerprint density at radius 3 is 2.78 bits per heavy atom. The van der Waals surface area contributed by atoms with Crippen molar-refractivity contribution in [2.45, 2.75) is 32.7 Å². The van der Waals surface area contributed by atoms with Crippen LogP contribution < -0.4 is 4.90 Å². The molecule has 1 heterocycles. The monoisotopic (exact) mass is 251 g/mol. The van der Waals surface area contributed by atoms with Crippen molar-refractivity contribution in [1.29, 1.82) is 0 Å². The fourth-order valence-electron chi connectivity index (χ4n) is 2.56. The average Bonchev–Trinajstić information content (AvgIpc) is 2.32. The van der Waals surface area contributed by atoms with Crippen LogP contribution in [0, 0.1) is 11.7 Å².